The summed E-state index contributed by atoms with van der Waals surface area (Å²) >= 11 is 0. The van der Waals surface area contributed by atoms with E-state index in [2.05, 4.69) is 9.68 Å². The lowest BCUT2D eigenvalue weighted by Crippen LogP contribution is -2.12. The summed E-state index contributed by atoms with van der Waals surface area (Å²) in [6.45, 7) is 0. The van der Waals surface area contributed by atoms with Crippen molar-refractivity contribution in [3.05, 3.63) is 47.3 Å². The molecule has 1 aromatic heterocycles. The lowest BCUT2D eigenvalue weighted by Gasteiger charge is -2.07. The fourth-order valence-corrected chi connectivity index (χ4v) is 1.40. The van der Waals surface area contributed by atoms with E-state index < -0.39 is 35.0 Å². The Balaban J connectivity index is 2.16. The van der Waals surface area contributed by atoms with Gasteiger partial charge in [-0.25, -0.2) is 9.59 Å². The van der Waals surface area contributed by atoms with Gasteiger partial charge in [-0.05, 0) is 24.3 Å². The number of aromatic carboxylic acids is 1. The van der Waals surface area contributed by atoms with E-state index in [-0.39, 0.29) is 5.75 Å². The summed E-state index contributed by atoms with van der Waals surface area (Å²) in [4.78, 5) is 22.4. The smallest absolute Gasteiger partial charge is 0.416 e. The lowest BCUT2D eigenvalue weighted by atomic mass is 10.2. The standard InChI is InChI=1S/C12H6F3NO5/c13-12(14,15)6-1-3-7(4-2-6)20-11(19)9-8(10(17)18)5-16-21-9/h1-5H,(H,17,18). The molecule has 0 aliphatic heterocycles. The Bertz CT molecular complexity index is 675. The minimum atomic E-state index is -4.51. The Hall–Kier alpha value is -2.84. The molecule has 0 bridgehead atoms. The normalized spacial score (nSPS) is 11.2. The van der Waals surface area contributed by atoms with E-state index in [9.17, 15) is 22.8 Å². The molecule has 0 aliphatic rings. The molecule has 9 heteroatoms. The largest absolute Gasteiger partial charge is 0.477 e. The Morgan fingerprint density at radius 2 is 1.81 bits per heavy atom. The molecule has 0 amide bonds. The SMILES string of the molecule is O=C(O)c1cnoc1C(=O)Oc1ccc(C(F)(F)F)cc1. The zero-order chi connectivity index (χ0) is 15.6. The van der Waals surface area contributed by atoms with Crippen LogP contribution in [0.2, 0.25) is 0 Å². The molecule has 110 valence electrons. The van der Waals surface area contributed by atoms with Crippen LogP contribution in [0.1, 0.15) is 26.5 Å². The first kappa shape index (κ1) is 14.6. The van der Waals surface area contributed by atoms with Crippen LogP contribution >= 0.6 is 0 Å². The maximum absolute atomic E-state index is 12.4. The summed E-state index contributed by atoms with van der Waals surface area (Å²) in [6.07, 6.45) is -3.70. The van der Waals surface area contributed by atoms with Gasteiger partial charge in [-0.3, -0.25) is 0 Å². The van der Waals surface area contributed by atoms with Crippen LogP contribution in [0.25, 0.3) is 0 Å². The zero-order valence-electron chi connectivity index (χ0n) is 10.0. The Kier molecular flexibility index (Phi) is 3.66. The zero-order valence-corrected chi connectivity index (χ0v) is 10.0. The number of carboxylic acids is 1. The lowest BCUT2D eigenvalue weighted by molar-refractivity contribution is -0.137. The number of carbonyl (C=O) groups is 2. The second-order valence-corrected chi connectivity index (χ2v) is 3.79. The summed E-state index contributed by atoms with van der Waals surface area (Å²) in [6, 6.07) is 3.30. The number of halogens is 3. The highest BCUT2D eigenvalue weighted by Crippen LogP contribution is 2.30. The first-order valence-corrected chi connectivity index (χ1v) is 5.36. The van der Waals surface area contributed by atoms with Gasteiger partial charge in [0.1, 0.15) is 11.3 Å². The number of ether oxygens (including phenoxy) is 1. The number of carbonyl (C=O) groups excluding carboxylic acids is 1. The van der Waals surface area contributed by atoms with Gasteiger partial charge in [0.25, 0.3) is 5.76 Å². The van der Waals surface area contributed by atoms with Crippen molar-refractivity contribution in [3.8, 4) is 5.75 Å². The van der Waals surface area contributed by atoms with E-state index in [1.54, 1.807) is 0 Å². The van der Waals surface area contributed by atoms with E-state index in [1.807, 2.05) is 0 Å². The predicted octanol–water partition coefficient (Wildman–Crippen LogP) is 2.61. The van der Waals surface area contributed by atoms with Crippen molar-refractivity contribution in [2.75, 3.05) is 0 Å². The van der Waals surface area contributed by atoms with Crippen molar-refractivity contribution >= 4 is 11.9 Å². The van der Waals surface area contributed by atoms with Gasteiger partial charge in [-0.15, -0.1) is 0 Å². The van der Waals surface area contributed by atoms with Gasteiger partial charge in [0.2, 0.25) is 0 Å². The van der Waals surface area contributed by atoms with Crippen LogP contribution in [-0.4, -0.2) is 22.2 Å². The molecule has 2 rings (SSSR count). The number of rotatable bonds is 3. The third-order valence-corrected chi connectivity index (χ3v) is 2.38. The fraction of sp³-hybridized carbons (Fsp3) is 0.0833. The molecule has 1 aromatic carbocycles. The molecule has 0 aliphatic carbocycles. The highest BCUT2D eigenvalue weighted by atomic mass is 19.4. The number of esters is 1. The fourth-order valence-electron chi connectivity index (χ4n) is 1.40. The van der Waals surface area contributed by atoms with Crippen LogP contribution in [0.15, 0.2) is 35.0 Å². The van der Waals surface area contributed by atoms with Crippen LogP contribution in [0.3, 0.4) is 0 Å². The minimum absolute atomic E-state index is 0.194. The van der Waals surface area contributed by atoms with E-state index in [1.165, 1.54) is 0 Å². The van der Waals surface area contributed by atoms with Gasteiger partial charge < -0.3 is 14.4 Å². The van der Waals surface area contributed by atoms with E-state index in [0.717, 1.165) is 30.5 Å². The predicted molar refractivity (Wildman–Crippen MR) is 59.9 cm³/mol. The number of nitrogens with zero attached hydrogens (tertiary/aromatic N) is 1. The maximum Gasteiger partial charge on any atom is 0.416 e. The number of hydrogen-bond acceptors (Lipinski definition) is 5. The summed E-state index contributed by atoms with van der Waals surface area (Å²) in [5.74, 6) is -3.47. The molecule has 0 radical (unpaired) electrons. The van der Waals surface area contributed by atoms with Crippen LogP contribution in [0, 0.1) is 0 Å². The van der Waals surface area contributed by atoms with Gasteiger partial charge in [0.15, 0.2) is 0 Å². The first-order valence-electron chi connectivity index (χ1n) is 5.36. The van der Waals surface area contributed by atoms with Gasteiger partial charge in [-0.2, -0.15) is 13.2 Å². The topological polar surface area (TPSA) is 89.6 Å². The third-order valence-electron chi connectivity index (χ3n) is 2.38. The monoisotopic (exact) mass is 301 g/mol. The summed E-state index contributed by atoms with van der Waals surface area (Å²) in [7, 11) is 0. The molecule has 6 nitrogen and oxygen atoms in total. The van der Waals surface area contributed by atoms with Crippen LogP contribution in [0.5, 0.6) is 5.75 Å². The Morgan fingerprint density at radius 1 is 1.19 bits per heavy atom. The molecule has 2 aromatic rings. The number of alkyl halides is 3. The molecule has 0 spiro atoms. The minimum Gasteiger partial charge on any atom is -0.477 e. The van der Waals surface area contributed by atoms with Gasteiger partial charge in [-0.1, -0.05) is 5.16 Å². The highest BCUT2D eigenvalue weighted by Gasteiger charge is 2.30. The first-order chi connectivity index (χ1) is 9.79. The molecular weight excluding hydrogens is 295 g/mol. The van der Waals surface area contributed by atoms with Crippen LogP contribution < -0.4 is 4.74 Å². The molecule has 0 unspecified atom stereocenters. The van der Waals surface area contributed by atoms with Crippen molar-refractivity contribution in [2.24, 2.45) is 0 Å². The number of hydrogen-bond donors (Lipinski definition) is 1. The van der Waals surface area contributed by atoms with Crippen molar-refractivity contribution in [3.63, 3.8) is 0 Å². The molecule has 1 heterocycles. The molecule has 0 saturated carbocycles. The van der Waals surface area contributed by atoms with Crippen molar-refractivity contribution in [1.82, 2.24) is 5.16 Å². The van der Waals surface area contributed by atoms with E-state index in [4.69, 9.17) is 9.84 Å². The number of aromatic nitrogens is 1. The van der Waals surface area contributed by atoms with E-state index >= 15 is 0 Å². The van der Waals surface area contributed by atoms with Gasteiger partial charge in [0.05, 0.1) is 11.8 Å². The Morgan fingerprint density at radius 3 is 2.33 bits per heavy atom. The summed E-state index contributed by atoms with van der Waals surface area (Å²) in [5.41, 5.74) is -1.42. The van der Waals surface area contributed by atoms with Gasteiger partial charge >= 0.3 is 18.1 Å². The molecule has 0 atom stereocenters. The second kappa shape index (κ2) is 5.27. The number of benzene rings is 1. The van der Waals surface area contributed by atoms with Crippen molar-refractivity contribution in [1.29, 1.82) is 0 Å². The van der Waals surface area contributed by atoms with Crippen LogP contribution in [-0.2, 0) is 6.18 Å². The third kappa shape index (κ3) is 3.19. The van der Waals surface area contributed by atoms with Crippen LogP contribution in [0.4, 0.5) is 13.2 Å². The molecule has 0 fully saturated rings. The quantitative estimate of drug-likeness (QED) is 0.692. The van der Waals surface area contributed by atoms with Gasteiger partial charge in [0, 0.05) is 0 Å². The average molecular weight is 301 g/mol. The molecular formula is C12H6F3NO5. The number of carboxylic acid groups (broad SMARTS) is 1. The maximum atomic E-state index is 12.4. The molecule has 0 saturated heterocycles. The highest BCUT2D eigenvalue weighted by molar-refractivity contribution is 6.00. The Labute approximate surface area is 114 Å². The summed E-state index contributed by atoms with van der Waals surface area (Å²) < 4.78 is 46.2. The summed E-state index contributed by atoms with van der Waals surface area (Å²) in [5, 5.41) is 11.9. The van der Waals surface area contributed by atoms with Crippen molar-refractivity contribution in [2.45, 2.75) is 6.18 Å². The average Bonchev–Trinajstić information content (AvgIpc) is 2.87. The van der Waals surface area contributed by atoms with Crippen molar-refractivity contribution < 1.29 is 37.1 Å². The second-order valence-electron chi connectivity index (χ2n) is 3.79. The molecule has 21 heavy (non-hydrogen) atoms. The van der Waals surface area contributed by atoms with E-state index in [0.29, 0.717) is 0 Å². The molecule has 1 N–H and O–H groups in total.